The van der Waals surface area contributed by atoms with Gasteiger partial charge in [0.1, 0.15) is 23.9 Å². The quantitative estimate of drug-likeness (QED) is 0.272. The van der Waals surface area contributed by atoms with Crippen LogP contribution in [0.25, 0.3) is 0 Å². The van der Waals surface area contributed by atoms with Gasteiger partial charge in [0, 0.05) is 30.6 Å². The van der Waals surface area contributed by atoms with E-state index in [2.05, 4.69) is 0 Å². The summed E-state index contributed by atoms with van der Waals surface area (Å²) in [6.07, 6.45) is -8.38. The summed E-state index contributed by atoms with van der Waals surface area (Å²) in [5.41, 5.74) is -5.70. The first-order chi connectivity index (χ1) is 18.1. The van der Waals surface area contributed by atoms with Gasteiger partial charge >= 0.3 is 11.9 Å². The Morgan fingerprint density at radius 3 is 2.26 bits per heavy atom. The molecule has 1 saturated heterocycles. The minimum Gasteiger partial charge on any atom is -0.455 e. The monoisotopic (exact) mass is 546 g/mol. The van der Waals surface area contributed by atoms with Crippen LogP contribution in [-0.2, 0) is 19.0 Å². The van der Waals surface area contributed by atoms with Gasteiger partial charge in [-0.1, -0.05) is 39.0 Å². The van der Waals surface area contributed by atoms with E-state index in [1.807, 2.05) is 0 Å². The lowest BCUT2D eigenvalue weighted by Crippen LogP contribution is -2.82. The van der Waals surface area contributed by atoms with Crippen LogP contribution in [0.4, 0.5) is 0 Å². The molecule has 39 heavy (non-hydrogen) atoms. The second kappa shape index (κ2) is 9.09. The van der Waals surface area contributed by atoms with Crippen LogP contribution in [0.2, 0.25) is 0 Å². The fourth-order valence-corrected chi connectivity index (χ4v) is 7.88. The van der Waals surface area contributed by atoms with Gasteiger partial charge in [-0.2, -0.15) is 0 Å². The van der Waals surface area contributed by atoms with Gasteiger partial charge < -0.3 is 39.7 Å². The molecule has 1 aliphatic heterocycles. The molecule has 10 heteroatoms. The van der Waals surface area contributed by atoms with Gasteiger partial charge in [-0.25, -0.2) is 4.79 Å². The second-order valence-electron chi connectivity index (χ2n) is 12.4. The number of hydrogen-bond donors (Lipinski definition) is 5. The molecule has 0 radical (unpaired) electrons. The van der Waals surface area contributed by atoms with Gasteiger partial charge in [0.05, 0.1) is 36.4 Å². The number of aliphatic hydroxyl groups excluding tert-OH is 4. The van der Waals surface area contributed by atoms with E-state index in [0.717, 1.165) is 0 Å². The number of esters is 2. The zero-order valence-corrected chi connectivity index (χ0v) is 22.8. The normalized spacial score (nSPS) is 44.6. The number of carbonyl (C=O) groups is 2. The SMILES string of the molecule is CC(=O)OC12COC1CC(O)C1(C)C(O)C(O)C3=C(C)C(O)CC(O)(C(OC(=O)c4ccccc4)C21)C3(C)C. The van der Waals surface area contributed by atoms with Crippen LogP contribution in [0.3, 0.4) is 0 Å². The molecule has 0 spiro atoms. The summed E-state index contributed by atoms with van der Waals surface area (Å²) in [5.74, 6) is -2.66. The third kappa shape index (κ3) is 3.69. The first-order valence-electron chi connectivity index (χ1n) is 13.4. The molecule has 0 aromatic heterocycles. The van der Waals surface area contributed by atoms with Crippen molar-refractivity contribution in [2.24, 2.45) is 16.7 Å². The Balaban J connectivity index is 1.80. The third-order valence-electron chi connectivity index (χ3n) is 10.2. The lowest BCUT2D eigenvalue weighted by molar-refractivity contribution is -0.365. The molecule has 0 amide bonds. The Bertz CT molecular complexity index is 1200. The molecule has 2 bridgehead atoms. The maximum atomic E-state index is 13.6. The van der Waals surface area contributed by atoms with Gasteiger partial charge in [0.2, 0.25) is 0 Å². The lowest BCUT2D eigenvalue weighted by Gasteiger charge is -2.69. The highest BCUT2D eigenvalue weighted by molar-refractivity contribution is 5.89. The molecule has 3 aliphatic carbocycles. The maximum Gasteiger partial charge on any atom is 0.338 e. The molecule has 2 saturated carbocycles. The molecule has 1 aromatic carbocycles. The van der Waals surface area contributed by atoms with E-state index in [-0.39, 0.29) is 30.6 Å². The van der Waals surface area contributed by atoms with Gasteiger partial charge in [-0.15, -0.1) is 0 Å². The Morgan fingerprint density at radius 2 is 1.69 bits per heavy atom. The van der Waals surface area contributed by atoms with E-state index >= 15 is 0 Å². The average molecular weight is 547 g/mol. The summed E-state index contributed by atoms with van der Waals surface area (Å²) in [7, 11) is 0. The average Bonchev–Trinajstić information content (AvgIpc) is 2.87. The van der Waals surface area contributed by atoms with E-state index in [4.69, 9.17) is 14.2 Å². The Hall–Kier alpha value is -2.34. The minimum atomic E-state index is -2.02. The van der Waals surface area contributed by atoms with E-state index in [1.54, 1.807) is 58.0 Å². The third-order valence-corrected chi connectivity index (χ3v) is 10.2. The molecule has 1 heterocycles. The zero-order chi connectivity index (χ0) is 28.7. The largest absolute Gasteiger partial charge is 0.455 e. The Kier molecular flexibility index (Phi) is 6.57. The number of benzene rings is 1. The Morgan fingerprint density at radius 1 is 1.05 bits per heavy atom. The first kappa shape index (κ1) is 28.2. The molecule has 5 N–H and O–H groups in total. The van der Waals surface area contributed by atoms with Crippen molar-refractivity contribution in [3.05, 3.63) is 47.0 Å². The molecule has 10 nitrogen and oxygen atoms in total. The molecule has 4 aliphatic rings. The number of aliphatic hydroxyl groups is 5. The molecule has 10 atom stereocenters. The summed E-state index contributed by atoms with van der Waals surface area (Å²) in [6.45, 7) is 7.57. The van der Waals surface area contributed by atoms with Crippen LogP contribution in [-0.4, -0.2) is 91.9 Å². The van der Waals surface area contributed by atoms with E-state index < -0.39 is 76.5 Å². The second-order valence-corrected chi connectivity index (χ2v) is 12.4. The molecule has 5 rings (SSSR count). The first-order valence-corrected chi connectivity index (χ1v) is 13.4. The highest BCUT2D eigenvalue weighted by Crippen LogP contribution is 2.64. The predicted molar refractivity (Wildman–Crippen MR) is 136 cm³/mol. The zero-order valence-electron chi connectivity index (χ0n) is 22.8. The molecular formula is C29H38O10. The number of fused-ring (bicyclic) bond motifs is 5. The summed E-state index contributed by atoms with van der Waals surface area (Å²) < 4.78 is 17.8. The molecule has 214 valence electrons. The summed E-state index contributed by atoms with van der Waals surface area (Å²) in [6, 6.07) is 8.16. The minimum absolute atomic E-state index is 0.0219. The molecule has 1 aromatic rings. The highest BCUT2D eigenvalue weighted by Gasteiger charge is 2.77. The molecule has 10 unspecified atom stereocenters. The number of ether oxygens (including phenoxy) is 3. The van der Waals surface area contributed by atoms with Crippen LogP contribution in [0.1, 0.15) is 57.8 Å². The van der Waals surface area contributed by atoms with Crippen molar-refractivity contribution < 1.29 is 49.3 Å². The van der Waals surface area contributed by atoms with Gasteiger partial charge in [0.15, 0.2) is 5.60 Å². The molecule has 3 fully saturated rings. The van der Waals surface area contributed by atoms with Crippen LogP contribution in [0.15, 0.2) is 41.5 Å². The van der Waals surface area contributed by atoms with Crippen molar-refractivity contribution in [1.29, 1.82) is 0 Å². The van der Waals surface area contributed by atoms with Crippen molar-refractivity contribution >= 4 is 11.9 Å². The van der Waals surface area contributed by atoms with Crippen molar-refractivity contribution in [3.8, 4) is 0 Å². The maximum absolute atomic E-state index is 13.6. The van der Waals surface area contributed by atoms with E-state index in [0.29, 0.717) is 5.57 Å². The van der Waals surface area contributed by atoms with Crippen molar-refractivity contribution in [2.45, 2.75) is 95.3 Å². The van der Waals surface area contributed by atoms with Gasteiger partial charge in [0.25, 0.3) is 0 Å². The van der Waals surface area contributed by atoms with E-state index in [9.17, 15) is 35.1 Å². The standard InChI is InChI=1S/C29H38O10/c1-14-17(31)12-29(36)24(38-25(35)16-9-7-6-8-10-16)22-27(5,23(34)21(33)20(14)26(29,3)4)18(32)11-19-28(22,13-37-19)39-15(2)30/h6-10,17-19,21-24,31-34,36H,11-13H2,1-5H3. The Labute approximate surface area is 227 Å². The van der Waals surface area contributed by atoms with Gasteiger partial charge in [-0.05, 0) is 30.2 Å². The summed E-state index contributed by atoms with van der Waals surface area (Å²) in [5, 5.41) is 58.8. The fraction of sp³-hybridized carbons (Fsp3) is 0.655. The summed E-state index contributed by atoms with van der Waals surface area (Å²) >= 11 is 0. The van der Waals surface area contributed by atoms with Crippen LogP contribution in [0.5, 0.6) is 0 Å². The van der Waals surface area contributed by atoms with Crippen LogP contribution < -0.4 is 0 Å². The van der Waals surface area contributed by atoms with Crippen LogP contribution in [0, 0.1) is 16.7 Å². The predicted octanol–water partition coefficient (Wildman–Crippen LogP) is 0.874. The number of carbonyl (C=O) groups excluding carboxylic acids is 2. The van der Waals surface area contributed by atoms with Gasteiger partial charge in [-0.3, -0.25) is 4.79 Å². The highest BCUT2D eigenvalue weighted by atomic mass is 16.6. The van der Waals surface area contributed by atoms with Crippen molar-refractivity contribution in [1.82, 2.24) is 0 Å². The fourth-order valence-electron chi connectivity index (χ4n) is 7.88. The van der Waals surface area contributed by atoms with Crippen LogP contribution >= 0.6 is 0 Å². The molecular weight excluding hydrogens is 508 g/mol. The van der Waals surface area contributed by atoms with Crippen molar-refractivity contribution in [3.63, 3.8) is 0 Å². The smallest absolute Gasteiger partial charge is 0.338 e. The van der Waals surface area contributed by atoms with Crippen molar-refractivity contribution in [2.75, 3.05) is 6.61 Å². The van der Waals surface area contributed by atoms with E-state index in [1.165, 1.54) is 6.92 Å². The lowest BCUT2D eigenvalue weighted by atomic mass is 9.44. The number of hydrogen-bond acceptors (Lipinski definition) is 10. The summed E-state index contributed by atoms with van der Waals surface area (Å²) in [4.78, 5) is 26.0. The number of rotatable bonds is 3. The topological polar surface area (TPSA) is 163 Å².